The zero-order valence-electron chi connectivity index (χ0n) is 12.1. The number of halogens is 1. The maximum Gasteiger partial charge on any atom is 0.337 e. The fourth-order valence-electron chi connectivity index (χ4n) is 3.62. The normalized spacial score (nSPS) is 29.1. The number of pyridine rings is 1. The number of nitrogens with one attached hydrogen (secondary N) is 1. The van der Waals surface area contributed by atoms with Gasteiger partial charge in [0, 0.05) is 24.3 Å². The van der Waals surface area contributed by atoms with Gasteiger partial charge < -0.3 is 15.3 Å². The summed E-state index contributed by atoms with van der Waals surface area (Å²) >= 11 is 5.85. The molecule has 1 aromatic heterocycles. The van der Waals surface area contributed by atoms with Crippen LogP contribution in [0.4, 0.5) is 5.82 Å². The Morgan fingerprint density at radius 1 is 1.43 bits per heavy atom. The van der Waals surface area contributed by atoms with E-state index in [2.05, 4.69) is 22.2 Å². The molecule has 3 rings (SSSR count). The number of rotatable bonds is 3. The molecule has 0 aliphatic carbocycles. The van der Waals surface area contributed by atoms with Crippen molar-refractivity contribution in [1.29, 1.82) is 0 Å². The molecule has 2 bridgehead atoms. The topological polar surface area (TPSA) is 65.5 Å². The van der Waals surface area contributed by atoms with Crippen LogP contribution >= 0.6 is 11.6 Å². The summed E-state index contributed by atoms with van der Waals surface area (Å²) in [6.07, 6.45) is 7.39. The third kappa shape index (κ3) is 2.99. The van der Waals surface area contributed by atoms with Crippen LogP contribution in [-0.4, -0.2) is 46.1 Å². The van der Waals surface area contributed by atoms with Crippen molar-refractivity contribution in [2.24, 2.45) is 0 Å². The highest BCUT2D eigenvalue weighted by Crippen LogP contribution is 2.33. The van der Waals surface area contributed by atoms with Crippen LogP contribution in [0.5, 0.6) is 0 Å². The maximum atomic E-state index is 11.1. The van der Waals surface area contributed by atoms with Crippen molar-refractivity contribution in [3.63, 3.8) is 0 Å². The minimum atomic E-state index is -1.02. The summed E-state index contributed by atoms with van der Waals surface area (Å²) in [7, 11) is 2.22. The standard InChI is InChI=1S/C15H20ClN3O2/c1-19-10-3-2-4-11(19)6-9(5-10)18-14-7-12(15(20)21)13(16)8-17-14/h7-11H,2-6H2,1H3,(H,17,18)(H,20,21). The van der Waals surface area contributed by atoms with Gasteiger partial charge in [-0.25, -0.2) is 9.78 Å². The molecule has 3 heterocycles. The lowest BCUT2D eigenvalue weighted by Crippen LogP contribution is -2.52. The predicted octanol–water partition coefficient (Wildman–Crippen LogP) is 2.86. The zero-order valence-corrected chi connectivity index (χ0v) is 12.8. The number of hydrogen-bond donors (Lipinski definition) is 2. The summed E-state index contributed by atoms with van der Waals surface area (Å²) in [6.45, 7) is 0. The van der Waals surface area contributed by atoms with Crippen molar-refractivity contribution < 1.29 is 9.90 Å². The highest BCUT2D eigenvalue weighted by Gasteiger charge is 2.36. The van der Waals surface area contributed by atoms with Crippen molar-refractivity contribution in [3.05, 3.63) is 22.8 Å². The maximum absolute atomic E-state index is 11.1. The third-order valence-corrected chi connectivity index (χ3v) is 5.08. The zero-order chi connectivity index (χ0) is 15.0. The predicted molar refractivity (Wildman–Crippen MR) is 82.0 cm³/mol. The molecule has 2 fully saturated rings. The SMILES string of the molecule is CN1C2CCCC1CC(Nc1cc(C(=O)O)c(Cl)cn1)C2. The Bertz CT molecular complexity index is 538. The number of aromatic carboxylic acids is 1. The molecule has 2 atom stereocenters. The first-order valence-electron chi connectivity index (χ1n) is 7.42. The van der Waals surface area contributed by atoms with E-state index in [-0.39, 0.29) is 10.6 Å². The molecule has 0 saturated carbocycles. The first kappa shape index (κ1) is 14.6. The average Bonchev–Trinajstić information content (AvgIpc) is 2.42. The second-order valence-electron chi connectivity index (χ2n) is 6.07. The number of carboxylic acid groups (broad SMARTS) is 1. The Morgan fingerprint density at radius 2 is 2.10 bits per heavy atom. The van der Waals surface area contributed by atoms with Crippen LogP contribution in [0, 0.1) is 0 Å². The summed E-state index contributed by atoms with van der Waals surface area (Å²) in [5.41, 5.74) is 0.0993. The Kier molecular flexibility index (Phi) is 4.04. The van der Waals surface area contributed by atoms with Gasteiger partial charge in [-0.15, -0.1) is 0 Å². The number of hydrogen-bond acceptors (Lipinski definition) is 4. The lowest BCUT2D eigenvalue weighted by atomic mass is 9.82. The molecule has 2 aliphatic rings. The van der Waals surface area contributed by atoms with Gasteiger partial charge in [-0.1, -0.05) is 18.0 Å². The number of anilines is 1. The van der Waals surface area contributed by atoms with Crippen LogP contribution in [0.2, 0.25) is 5.02 Å². The molecule has 0 aromatic carbocycles. The second kappa shape index (κ2) is 5.81. The van der Waals surface area contributed by atoms with Gasteiger partial charge in [0.1, 0.15) is 5.82 Å². The summed E-state index contributed by atoms with van der Waals surface area (Å²) < 4.78 is 0. The average molecular weight is 310 g/mol. The Morgan fingerprint density at radius 3 is 2.71 bits per heavy atom. The molecule has 0 amide bonds. The van der Waals surface area contributed by atoms with E-state index in [9.17, 15) is 4.79 Å². The molecular formula is C15H20ClN3O2. The third-order valence-electron chi connectivity index (χ3n) is 4.78. The fraction of sp³-hybridized carbons (Fsp3) is 0.600. The summed E-state index contributed by atoms with van der Waals surface area (Å²) in [5.74, 6) is -0.421. The minimum Gasteiger partial charge on any atom is -0.478 e. The van der Waals surface area contributed by atoms with Crippen LogP contribution in [0.25, 0.3) is 0 Å². The Hall–Kier alpha value is -1.33. The number of aromatic nitrogens is 1. The van der Waals surface area contributed by atoms with Crippen LogP contribution in [0.1, 0.15) is 42.5 Å². The monoisotopic (exact) mass is 309 g/mol. The highest BCUT2D eigenvalue weighted by atomic mass is 35.5. The number of piperidine rings is 2. The molecule has 21 heavy (non-hydrogen) atoms. The Balaban J connectivity index is 1.72. The van der Waals surface area contributed by atoms with Crippen molar-refractivity contribution in [2.75, 3.05) is 12.4 Å². The number of carbonyl (C=O) groups is 1. The molecule has 2 N–H and O–H groups in total. The molecular weight excluding hydrogens is 290 g/mol. The molecule has 2 saturated heterocycles. The van der Waals surface area contributed by atoms with E-state index in [1.807, 2.05) is 0 Å². The van der Waals surface area contributed by atoms with Gasteiger partial charge in [0.05, 0.1) is 10.6 Å². The van der Waals surface area contributed by atoms with Gasteiger partial charge in [0.25, 0.3) is 0 Å². The van der Waals surface area contributed by atoms with E-state index >= 15 is 0 Å². The molecule has 6 heteroatoms. The van der Waals surface area contributed by atoms with Crippen molar-refractivity contribution in [3.8, 4) is 0 Å². The van der Waals surface area contributed by atoms with E-state index in [4.69, 9.17) is 16.7 Å². The van der Waals surface area contributed by atoms with E-state index in [1.165, 1.54) is 31.5 Å². The lowest BCUT2D eigenvalue weighted by Gasteiger charge is -2.47. The van der Waals surface area contributed by atoms with Crippen molar-refractivity contribution >= 4 is 23.4 Å². The quantitative estimate of drug-likeness (QED) is 0.899. The number of nitrogens with zero attached hydrogens (tertiary/aromatic N) is 2. The van der Waals surface area contributed by atoms with Gasteiger partial charge in [0.2, 0.25) is 0 Å². The highest BCUT2D eigenvalue weighted by molar-refractivity contribution is 6.33. The number of carboxylic acids is 1. The largest absolute Gasteiger partial charge is 0.478 e. The van der Waals surface area contributed by atoms with Gasteiger partial charge in [-0.05, 0) is 38.8 Å². The molecule has 0 spiro atoms. The van der Waals surface area contributed by atoms with Gasteiger partial charge >= 0.3 is 5.97 Å². The summed E-state index contributed by atoms with van der Waals surface area (Å²) in [4.78, 5) is 17.8. The van der Waals surface area contributed by atoms with E-state index in [0.717, 1.165) is 12.8 Å². The Labute approximate surface area is 129 Å². The van der Waals surface area contributed by atoms with E-state index in [0.29, 0.717) is 23.9 Å². The van der Waals surface area contributed by atoms with Crippen LogP contribution in [0.15, 0.2) is 12.3 Å². The molecule has 5 nitrogen and oxygen atoms in total. The van der Waals surface area contributed by atoms with Gasteiger partial charge in [0.15, 0.2) is 0 Å². The fourth-order valence-corrected chi connectivity index (χ4v) is 3.81. The first-order valence-corrected chi connectivity index (χ1v) is 7.79. The molecule has 114 valence electrons. The van der Waals surface area contributed by atoms with Crippen LogP contribution < -0.4 is 5.32 Å². The van der Waals surface area contributed by atoms with E-state index < -0.39 is 5.97 Å². The number of fused-ring (bicyclic) bond motifs is 2. The molecule has 2 unspecified atom stereocenters. The van der Waals surface area contributed by atoms with E-state index in [1.54, 1.807) is 0 Å². The van der Waals surface area contributed by atoms with Crippen molar-refractivity contribution in [1.82, 2.24) is 9.88 Å². The first-order chi connectivity index (χ1) is 10.0. The second-order valence-corrected chi connectivity index (χ2v) is 6.48. The van der Waals surface area contributed by atoms with Crippen molar-refractivity contribution in [2.45, 2.75) is 50.2 Å². The molecule has 2 aliphatic heterocycles. The lowest BCUT2D eigenvalue weighted by molar-refractivity contribution is 0.0607. The minimum absolute atomic E-state index is 0.0993. The van der Waals surface area contributed by atoms with Gasteiger partial charge in [-0.2, -0.15) is 0 Å². The molecule has 0 radical (unpaired) electrons. The van der Waals surface area contributed by atoms with Crippen LogP contribution in [-0.2, 0) is 0 Å². The summed E-state index contributed by atoms with van der Waals surface area (Å²) in [5, 5.41) is 12.7. The smallest absolute Gasteiger partial charge is 0.337 e. The summed E-state index contributed by atoms with van der Waals surface area (Å²) in [6, 6.07) is 3.13. The van der Waals surface area contributed by atoms with Gasteiger partial charge in [-0.3, -0.25) is 0 Å². The molecule has 1 aromatic rings. The van der Waals surface area contributed by atoms with Crippen LogP contribution in [0.3, 0.4) is 0 Å².